The zero-order chi connectivity index (χ0) is 82.9. The number of hydrogen-bond donors (Lipinski definition) is 0. The first-order valence-corrected chi connectivity index (χ1v) is 42.1. The molecule has 1 saturated heterocycles. The molecule has 0 spiro atoms. The summed E-state index contributed by atoms with van der Waals surface area (Å²) in [5.74, 6) is -1.03. The molecule has 116 heavy (non-hydrogen) atoms. The van der Waals surface area contributed by atoms with Gasteiger partial charge < -0.3 is 28.4 Å². The van der Waals surface area contributed by atoms with E-state index in [1.807, 2.05) is 212 Å². The summed E-state index contributed by atoms with van der Waals surface area (Å²) in [6.45, 7) is 23.5. The maximum atomic E-state index is 14.2. The Morgan fingerprint density at radius 3 is 1.59 bits per heavy atom. The van der Waals surface area contributed by atoms with Crippen LogP contribution < -0.4 is 15.5 Å². The van der Waals surface area contributed by atoms with Crippen LogP contribution in [0.5, 0.6) is 0 Å². The zero-order valence-electron chi connectivity index (χ0n) is 68.6. The van der Waals surface area contributed by atoms with Crippen LogP contribution in [0.2, 0.25) is 0 Å². The van der Waals surface area contributed by atoms with Gasteiger partial charge in [0.2, 0.25) is 18.4 Å². The Bertz CT molecular complexity index is 5430. The Morgan fingerprint density at radius 2 is 1.04 bits per heavy atom. The first-order valence-electron chi connectivity index (χ1n) is 39.6. The van der Waals surface area contributed by atoms with Gasteiger partial charge in [-0.15, -0.1) is 0 Å². The highest BCUT2D eigenvalue weighted by Crippen LogP contribution is 2.48. The van der Waals surface area contributed by atoms with Gasteiger partial charge in [0.15, 0.2) is 11.6 Å². The van der Waals surface area contributed by atoms with Gasteiger partial charge in [-0.25, -0.2) is 9.59 Å². The molecule has 1 aliphatic rings. The van der Waals surface area contributed by atoms with Crippen LogP contribution in [0.1, 0.15) is 169 Å². The molecule has 1 aliphatic heterocycles. The van der Waals surface area contributed by atoms with E-state index < -0.39 is 24.6 Å². The van der Waals surface area contributed by atoms with Crippen molar-refractivity contribution in [3.63, 3.8) is 0 Å². The molecule has 0 N–H and O–H groups in total. The van der Waals surface area contributed by atoms with Crippen LogP contribution in [0.3, 0.4) is 0 Å². The van der Waals surface area contributed by atoms with Crippen molar-refractivity contribution in [2.45, 2.75) is 136 Å². The molecule has 2 heterocycles. The largest absolute Gasteiger partial charge is 0.378 e. The molecule has 0 amide bonds. The van der Waals surface area contributed by atoms with Crippen LogP contribution in [0.25, 0.3) is 21.8 Å². The standard InChI is InChI=1S/C27H27NO3S.C26H24N2O3.C24H32N2O2.C22H21O2P/c1-2-3-4-11-16-25(28-31-27(30)22-12-7-5-8-13-22)26(29)21-17-19-24(20-18-21)32-23-14-9-6-10-15-23;1-5-28-24-12-10-19(17(3)27-31-18(4)29)14-22(24)23-15-20(11-13-25(23)28)26(30)21-9-7-6-8-16(21)2;1-5-24(25(3)4,18-20-8-6-19(2)7-9-20)23(27)21-10-12-22(13-11-21)26-14-16-28-17-15-26;1-16-14-17(2)21(18(3)15-16)22(23)25(24,19-10-6-4-7-11-19)20-12-8-5-9-13-20/h5-10,12-15,17-20H,2-4,11,16H2,1H3;6-15H,5H2,1-4H3;6-13H,5,14-18H2,1-4H3;4-15H,1-3H3/b28-25+;27-17+;;. The van der Waals surface area contributed by atoms with Gasteiger partial charge in [-0.2, -0.15) is 0 Å². The SMILES string of the molecule is CCC(Cc1ccc(C)cc1)(C(=O)c1ccc(N2CCOCC2)cc1)N(C)C.CCCCCC/C(=N\OC(=O)c1ccccc1)C(=O)c1ccc(Sc2ccccc2)cc1.CCn1c2ccc(C(=O)c3ccccc3C)cc2c2cc(/C(C)=N/OC(C)=O)ccc21.Cc1cc(C)c(C(=O)P(=O)(c2ccccc2)c2ccccc2)c(C)c1. The lowest BCUT2D eigenvalue weighted by atomic mass is 9.80. The lowest BCUT2D eigenvalue weighted by Crippen LogP contribution is -2.52. The van der Waals surface area contributed by atoms with Crippen LogP contribution in [-0.2, 0) is 36.7 Å². The number of carbonyl (C=O) groups excluding carboxylic acids is 6. The number of aryl methyl sites for hydroxylation is 6. The van der Waals surface area contributed by atoms with Crippen molar-refractivity contribution in [2.75, 3.05) is 45.3 Å². The number of Topliss-reactive ketones (excluding diaryl/α,β-unsaturated/α-hetero) is 2. The van der Waals surface area contributed by atoms with Crippen molar-refractivity contribution < 1.29 is 47.7 Å². The molecule has 11 aromatic carbocycles. The van der Waals surface area contributed by atoms with Gasteiger partial charge in [0, 0.05) is 102 Å². The number of hydrogen-bond acceptors (Lipinski definition) is 15. The van der Waals surface area contributed by atoms with E-state index in [4.69, 9.17) is 14.4 Å². The summed E-state index contributed by atoms with van der Waals surface area (Å²) in [5.41, 5.74) is 14.1. The molecule has 15 nitrogen and oxygen atoms in total. The molecule has 13 rings (SSSR count). The lowest BCUT2D eigenvalue weighted by Gasteiger charge is -2.38. The topological polar surface area (TPSA) is 183 Å². The van der Waals surface area contributed by atoms with E-state index in [1.54, 1.807) is 79.3 Å². The zero-order valence-corrected chi connectivity index (χ0v) is 70.3. The number of ether oxygens (including phenoxy) is 1. The van der Waals surface area contributed by atoms with Crippen molar-refractivity contribution >= 4 is 103 Å². The predicted molar refractivity (Wildman–Crippen MR) is 473 cm³/mol. The number of carbonyl (C=O) groups is 6. The number of likely N-dealkylation sites (N-methyl/N-ethyl adjacent to an activating group) is 1. The quantitative estimate of drug-likeness (QED) is 0.0118. The van der Waals surface area contributed by atoms with E-state index >= 15 is 0 Å². The molecule has 0 aliphatic carbocycles. The van der Waals surface area contributed by atoms with Gasteiger partial charge in [0.25, 0.3) is 0 Å². The number of rotatable bonds is 27. The second-order valence-electron chi connectivity index (χ2n) is 29.3. The van der Waals surface area contributed by atoms with Gasteiger partial charge in [-0.3, -0.25) is 24.1 Å². The number of benzene rings is 11. The van der Waals surface area contributed by atoms with Crippen molar-refractivity contribution in [1.82, 2.24) is 9.47 Å². The average Bonchev–Trinajstić information content (AvgIpc) is 1.60. The highest BCUT2D eigenvalue weighted by molar-refractivity contribution is 7.99. The molecule has 17 heteroatoms. The number of ketones is 3. The van der Waals surface area contributed by atoms with Crippen molar-refractivity contribution in [3.05, 3.63) is 339 Å². The molecule has 1 fully saturated rings. The number of oxime groups is 2. The van der Waals surface area contributed by atoms with E-state index in [1.165, 1.54) is 18.1 Å². The predicted octanol–water partition coefficient (Wildman–Crippen LogP) is 21.6. The molecule has 1 unspecified atom stereocenters. The number of nitrogens with zero attached hydrogens (tertiary/aromatic N) is 5. The van der Waals surface area contributed by atoms with E-state index in [2.05, 4.69) is 88.8 Å². The Hall–Kier alpha value is -11.5. The van der Waals surface area contributed by atoms with Crippen LogP contribution in [0.15, 0.2) is 287 Å². The van der Waals surface area contributed by atoms with Gasteiger partial charge in [-0.05, 0) is 219 Å². The summed E-state index contributed by atoms with van der Waals surface area (Å²) < 4.78 is 21.8. The summed E-state index contributed by atoms with van der Waals surface area (Å²) in [6, 6.07) is 84.5. The minimum absolute atomic E-state index is 0.0150. The minimum atomic E-state index is -3.44. The Morgan fingerprint density at radius 1 is 0.517 bits per heavy atom. The first kappa shape index (κ1) is 86.9. The van der Waals surface area contributed by atoms with Gasteiger partial charge in [0.05, 0.1) is 30.0 Å². The molecule has 1 aromatic heterocycles. The Labute approximate surface area is 687 Å². The second-order valence-corrected chi connectivity index (χ2v) is 33.1. The summed E-state index contributed by atoms with van der Waals surface area (Å²) in [6.07, 6.45) is 5.96. The third kappa shape index (κ3) is 21.9. The fourth-order valence-electron chi connectivity index (χ4n) is 14.4. The minimum Gasteiger partial charge on any atom is -0.378 e. The highest BCUT2D eigenvalue weighted by atomic mass is 32.2. The molecule has 12 aromatic rings. The van der Waals surface area contributed by atoms with Crippen molar-refractivity contribution in [1.29, 1.82) is 0 Å². The molecular formula is C99H104N5O10PS. The summed E-state index contributed by atoms with van der Waals surface area (Å²) >= 11 is 1.64. The monoisotopic (exact) mass is 1590 g/mol. The van der Waals surface area contributed by atoms with Crippen molar-refractivity contribution in [3.8, 4) is 0 Å². The number of morpholine rings is 1. The third-order valence-electron chi connectivity index (χ3n) is 20.8. The van der Waals surface area contributed by atoms with Crippen LogP contribution in [0.4, 0.5) is 5.69 Å². The summed E-state index contributed by atoms with van der Waals surface area (Å²) in [5, 5.41) is 11.1. The second kappa shape index (κ2) is 41.7. The number of anilines is 1. The highest BCUT2D eigenvalue weighted by Gasteiger charge is 2.40. The average molecular weight is 1590 g/mol. The van der Waals surface area contributed by atoms with Crippen LogP contribution >= 0.6 is 18.9 Å². The number of fused-ring (bicyclic) bond motifs is 3. The fraction of sp³-hybridized carbons (Fsp3) is 0.253. The van der Waals surface area contributed by atoms with Crippen molar-refractivity contribution in [2.24, 2.45) is 10.3 Å². The summed E-state index contributed by atoms with van der Waals surface area (Å²) in [4.78, 5) is 93.3. The number of aromatic nitrogens is 1. The molecule has 596 valence electrons. The summed E-state index contributed by atoms with van der Waals surface area (Å²) in [7, 11) is 0.578. The van der Waals surface area contributed by atoms with E-state index in [9.17, 15) is 33.3 Å². The first-order chi connectivity index (χ1) is 56.0. The van der Waals surface area contributed by atoms with Gasteiger partial charge in [0.1, 0.15) is 5.71 Å². The van der Waals surface area contributed by atoms with Crippen LogP contribution in [-0.4, -0.2) is 102 Å². The Kier molecular flexibility index (Phi) is 31.2. The van der Waals surface area contributed by atoms with E-state index in [0.717, 1.165) is 136 Å². The van der Waals surface area contributed by atoms with E-state index in [0.29, 0.717) is 57.0 Å². The Balaban J connectivity index is 0.000000164. The smallest absolute Gasteiger partial charge is 0.365 e. The molecule has 0 saturated carbocycles. The molecular weight excluding hydrogens is 1480 g/mol. The normalized spacial score (nSPS) is 12.8. The number of unbranched alkanes of at least 4 members (excludes halogenated alkanes) is 3. The maximum absolute atomic E-state index is 14.2. The van der Waals surface area contributed by atoms with Crippen LogP contribution in [0, 0.1) is 34.6 Å². The third-order valence-corrected chi connectivity index (χ3v) is 24.7. The molecule has 0 bridgehead atoms. The van der Waals surface area contributed by atoms with E-state index in [-0.39, 0.29) is 28.6 Å². The van der Waals surface area contributed by atoms with Gasteiger partial charge in [-0.1, -0.05) is 230 Å². The molecule has 1 atom stereocenters. The molecule has 0 radical (unpaired) electrons. The lowest BCUT2D eigenvalue weighted by molar-refractivity contribution is -0.140. The maximum Gasteiger partial charge on any atom is 0.365 e. The van der Waals surface area contributed by atoms with Gasteiger partial charge >= 0.3 is 11.9 Å². The fourth-order valence-corrected chi connectivity index (χ4v) is 17.9.